The maximum atomic E-state index is 6.10. The summed E-state index contributed by atoms with van der Waals surface area (Å²) >= 11 is 3.48. The van der Waals surface area contributed by atoms with Gasteiger partial charge in [0, 0.05) is 15.8 Å². The van der Waals surface area contributed by atoms with Crippen molar-refractivity contribution in [2.75, 3.05) is 19.4 Å². The van der Waals surface area contributed by atoms with Gasteiger partial charge in [-0.2, -0.15) is 0 Å². The molecule has 152 valence electrons. The van der Waals surface area contributed by atoms with E-state index < -0.39 is 0 Å². The lowest BCUT2D eigenvalue weighted by Crippen LogP contribution is -2.85. The first-order valence-corrected chi connectivity index (χ1v) is 12.1. The molecule has 1 aliphatic heterocycles. The summed E-state index contributed by atoms with van der Waals surface area (Å²) in [5, 5.41) is 5.58. The molecule has 4 aromatic rings. The number of fused-ring (bicyclic) bond motifs is 2. The molecule has 1 atom stereocenters. The van der Waals surface area contributed by atoms with Gasteiger partial charge in [0.2, 0.25) is 0 Å². The maximum absolute atomic E-state index is 6.10. The monoisotopic (exact) mass is 435 g/mol. The first-order chi connectivity index (χ1) is 14.8. The molecule has 0 fully saturated rings. The zero-order valence-corrected chi connectivity index (χ0v) is 18.3. The predicted octanol–water partition coefficient (Wildman–Crippen LogP) is 4.59. The van der Waals surface area contributed by atoms with E-state index in [-0.39, 0.29) is 6.10 Å². The lowest BCUT2D eigenvalue weighted by molar-refractivity contribution is -0.676. The van der Waals surface area contributed by atoms with E-state index in [1.807, 2.05) is 24.3 Å². The van der Waals surface area contributed by atoms with Gasteiger partial charge in [-0.25, -0.2) is 4.98 Å². The van der Waals surface area contributed by atoms with Crippen molar-refractivity contribution in [3.8, 4) is 22.1 Å². The van der Waals surface area contributed by atoms with Crippen molar-refractivity contribution >= 4 is 34.0 Å². The minimum Gasteiger partial charge on any atom is -0.486 e. The van der Waals surface area contributed by atoms with E-state index in [9.17, 15) is 0 Å². The average Bonchev–Trinajstić information content (AvgIpc) is 3.33. The van der Waals surface area contributed by atoms with Gasteiger partial charge < -0.3 is 14.8 Å². The number of thioether (sulfide) groups is 1. The second kappa shape index (κ2) is 8.68. The fourth-order valence-corrected chi connectivity index (χ4v) is 4.89. The minimum absolute atomic E-state index is 0.0441. The summed E-state index contributed by atoms with van der Waals surface area (Å²) < 4.78 is 11.9. The van der Waals surface area contributed by atoms with Crippen molar-refractivity contribution < 1.29 is 14.8 Å². The van der Waals surface area contributed by atoms with Crippen LogP contribution in [0, 0.1) is 0 Å². The Morgan fingerprint density at radius 2 is 2.00 bits per heavy atom. The van der Waals surface area contributed by atoms with Crippen LogP contribution in [0.3, 0.4) is 0 Å². The molecule has 2 aromatic carbocycles. The van der Waals surface area contributed by atoms with Gasteiger partial charge in [-0.3, -0.25) is 0 Å². The predicted molar refractivity (Wildman–Crippen MR) is 124 cm³/mol. The minimum atomic E-state index is 0.0441. The number of pyridine rings is 1. The van der Waals surface area contributed by atoms with Crippen LogP contribution in [0.2, 0.25) is 0 Å². The van der Waals surface area contributed by atoms with Gasteiger partial charge in [-0.05, 0) is 48.0 Å². The molecule has 3 heterocycles. The second-order valence-corrected chi connectivity index (χ2v) is 9.09. The van der Waals surface area contributed by atoms with Crippen LogP contribution in [-0.2, 0) is 6.54 Å². The molecule has 5 rings (SSSR count). The van der Waals surface area contributed by atoms with Crippen molar-refractivity contribution in [1.29, 1.82) is 0 Å². The molecule has 6 heteroatoms. The quantitative estimate of drug-likeness (QED) is 0.450. The zero-order valence-electron chi connectivity index (χ0n) is 16.7. The number of nitrogens with two attached hydrogens (primary N) is 1. The van der Waals surface area contributed by atoms with Crippen LogP contribution in [0.4, 0.5) is 0 Å². The molecule has 0 spiro atoms. The molecule has 1 unspecified atom stereocenters. The summed E-state index contributed by atoms with van der Waals surface area (Å²) in [6.07, 6.45) is 2.14. The Morgan fingerprint density at radius 3 is 2.83 bits per heavy atom. The Kier molecular flexibility index (Phi) is 5.62. The van der Waals surface area contributed by atoms with Crippen molar-refractivity contribution in [3.05, 3.63) is 71.6 Å². The average molecular weight is 436 g/mol. The summed E-state index contributed by atoms with van der Waals surface area (Å²) in [6, 6.07) is 20.9. The fraction of sp³-hybridized carbons (Fsp3) is 0.208. The van der Waals surface area contributed by atoms with Gasteiger partial charge in [0.1, 0.15) is 19.7 Å². The first-order valence-electron chi connectivity index (χ1n) is 10.0. The third-order valence-electron chi connectivity index (χ3n) is 5.22. The fourth-order valence-electron chi connectivity index (χ4n) is 3.70. The number of hydrogen-bond donors (Lipinski definition) is 1. The Bertz CT molecular complexity index is 1160. The lowest BCUT2D eigenvalue weighted by Gasteiger charge is -2.25. The molecule has 0 radical (unpaired) electrons. The molecular formula is C24H23N2O2S2+. The summed E-state index contributed by atoms with van der Waals surface area (Å²) in [5.74, 6) is 1.66. The van der Waals surface area contributed by atoms with Crippen molar-refractivity contribution in [2.24, 2.45) is 0 Å². The second-order valence-electron chi connectivity index (χ2n) is 7.26. The lowest BCUT2D eigenvalue weighted by atomic mass is 10.1. The molecular weight excluding hydrogens is 412 g/mol. The highest BCUT2D eigenvalue weighted by Gasteiger charge is 2.22. The van der Waals surface area contributed by atoms with Gasteiger partial charge in [0.15, 0.2) is 17.6 Å². The SMILES string of the molecule is CSc1ccc2cc(C[NH2+]CC3COc4ccccc4O3)c(-c3cccs3)nc2c1. The zero-order chi connectivity index (χ0) is 20.3. The summed E-state index contributed by atoms with van der Waals surface area (Å²) in [7, 11) is 0. The topological polar surface area (TPSA) is 48.0 Å². The van der Waals surface area contributed by atoms with Crippen molar-refractivity contribution in [1.82, 2.24) is 4.98 Å². The highest BCUT2D eigenvalue weighted by atomic mass is 32.2. The molecule has 0 amide bonds. The number of ether oxygens (including phenoxy) is 2. The van der Waals surface area contributed by atoms with E-state index >= 15 is 0 Å². The molecule has 4 nitrogen and oxygen atoms in total. The highest BCUT2D eigenvalue weighted by molar-refractivity contribution is 7.98. The van der Waals surface area contributed by atoms with Crippen LogP contribution in [0.5, 0.6) is 11.5 Å². The normalized spacial score (nSPS) is 15.4. The van der Waals surface area contributed by atoms with Gasteiger partial charge in [-0.15, -0.1) is 23.1 Å². The Morgan fingerprint density at radius 1 is 1.10 bits per heavy atom. The third kappa shape index (κ3) is 4.03. The van der Waals surface area contributed by atoms with Crippen LogP contribution in [0.25, 0.3) is 21.5 Å². The van der Waals surface area contributed by atoms with E-state index in [1.165, 1.54) is 20.7 Å². The number of para-hydroxylation sites is 2. The third-order valence-corrected chi connectivity index (χ3v) is 6.82. The maximum Gasteiger partial charge on any atom is 0.181 e. The van der Waals surface area contributed by atoms with Crippen LogP contribution in [-0.4, -0.2) is 30.5 Å². The highest BCUT2D eigenvalue weighted by Crippen LogP contribution is 2.31. The molecule has 0 saturated carbocycles. The summed E-state index contributed by atoms with van der Waals surface area (Å²) in [4.78, 5) is 7.49. The van der Waals surface area contributed by atoms with Crippen molar-refractivity contribution in [2.45, 2.75) is 17.5 Å². The van der Waals surface area contributed by atoms with Gasteiger partial charge in [-0.1, -0.05) is 24.3 Å². The number of benzene rings is 2. The Balaban J connectivity index is 1.35. The number of hydrogen-bond acceptors (Lipinski definition) is 5. The smallest absolute Gasteiger partial charge is 0.181 e. The molecule has 1 aliphatic rings. The van der Waals surface area contributed by atoms with E-state index in [2.05, 4.69) is 53.4 Å². The number of thiophene rings is 1. The van der Waals surface area contributed by atoms with Crippen LogP contribution in [0.15, 0.2) is 70.9 Å². The molecule has 30 heavy (non-hydrogen) atoms. The Hall–Kier alpha value is -2.54. The first kappa shape index (κ1) is 19.4. The largest absolute Gasteiger partial charge is 0.486 e. The van der Waals surface area contributed by atoms with E-state index in [0.717, 1.165) is 35.8 Å². The Labute approximate surface area is 184 Å². The van der Waals surface area contributed by atoms with Crippen LogP contribution >= 0.6 is 23.1 Å². The summed E-state index contributed by atoms with van der Waals surface area (Å²) in [6.45, 7) is 2.27. The van der Waals surface area contributed by atoms with Gasteiger partial charge in [0.25, 0.3) is 0 Å². The van der Waals surface area contributed by atoms with Crippen molar-refractivity contribution in [3.63, 3.8) is 0 Å². The van der Waals surface area contributed by atoms with E-state index in [0.29, 0.717) is 6.61 Å². The molecule has 2 aromatic heterocycles. The molecule has 2 N–H and O–H groups in total. The van der Waals surface area contributed by atoms with E-state index in [4.69, 9.17) is 14.5 Å². The van der Waals surface area contributed by atoms with Crippen LogP contribution < -0.4 is 14.8 Å². The number of quaternary nitrogens is 1. The number of nitrogens with zero attached hydrogens (tertiary/aromatic N) is 1. The van der Waals surface area contributed by atoms with Gasteiger partial charge in [0.05, 0.1) is 16.1 Å². The molecule has 0 aliphatic carbocycles. The number of aromatic nitrogens is 1. The van der Waals surface area contributed by atoms with Crippen LogP contribution in [0.1, 0.15) is 5.56 Å². The summed E-state index contributed by atoms with van der Waals surface area (Å²) in [5.41, 5.74) is 3.38. The standard InChI is InChI=1S/C24H22N2O2S2/c1-29-19-9-8-16-11-17(24(26-20(16)12-19)23-7-4-10-30-23)13-25-14-18-15-27-21-5-2-3-6-22(21)28-18/h2-12,18,25H,13-15H2,1H3/p+1. The molecule has 0 saturated heterocycles. The van der Waals surface area contributed by atoms with Gasteiger partial charge >= 0.3 is 0 Å². The number of rotatable bonds is 6. The molecule has 0 bridgehead atoms. The van der Waals surface area contributed by atoms with E-state index in [1.54, 1.807) is 23.1 Å².